The van der Waals surface area contributed by atoms with Crippen molar-refractivity contribution in [2.24, 2.45) is 7.05 Å². The Hall–Kier alpha value is -1.36. The standard InChI is InChI=1S/C9H11N3OS/c1-11-7-10-12(9(11)13)5-4-8-3-2-6-14-8/h2-3,6-7H,4-5H2,1H3. The lowest BCUT2D eigenvalue weighted by molar-refractivity contribution is 0.588. The molecule has 2 aromatic rings. The summed E-state index contributed by atoms with van der Waals surface area (Å²) in [5.74, 6) is 0. The molecule has 0 fully saturated rings. The normalized spacial score (nSPS) is 10.6. The zero-order valence-electron chi connectivity index (χ0n) is 7.88. The van der Waals surface area contributed by atoms with Crippen LogP contribution in [0.1, 0.15) is 4.88 Å². The second-order valence-electron chi connectivity index (χ2n) is 3.08. The number of aromatic nitrogens is 3. The van der Waals surface area contributed by atoms with E-state index in [0.717, 1.165) is 6.42 Å². The quantitative estimate of drug-likeness (QED) is 0.753. The first kappa shape index (κ1) is 9.21. The molecule has 0 amide bonds. The Labute approximate surface area is 85.4 Å². The summed E-state index contributed by atoms with van der Waals surface area (Å²) in [7, 11) is 1.71. The SMILES string of the molecule is Cn1cnn(CCc2cccs2)c1=O. The second-order valence-corrected chi connectivity index (χ2v) is 4.11. The Kier molecular flexibility index (Phi) is 2.49. The number of hydrogen-bond donors (Lipinski definition) is 0. The lowest BCUT2D eigenvalue weighted by Gasteiger charge is -1.96. The highest BCUT2D eigenvalue weighted by atomic mass is 32.1. The van der Waals surface area contributed by atoms with Gasteiger partial charge in [0.05, 0.1) is 6.54 Å². The zero-order valence-corrected chi connectivity index (χ0v) is 8.70. The number of rotatable bonds is 3. The summed E-state index contributed by atoms with van der Waals surface area (Å²) in [6.07, 6.45) is 2.41. The van der Waals surface area contributed by atoms with E-state index in [1.807, 2.05) is 11.4 Å². The summed E-state index contributed by atoms with van der Waals surface area (Å²) in [5, 5.41) is 6.02. The second kappa shape index (κ2) is 3.79. The maximum Gasteiger partial charge on any atom is 0.345 e. The molecule has 0 bridgehead atoms. The molecular formula is C9H11N3OS. The Morgan fingerprint density at radius 3 is 3.00 bits per heavy atom. The highest BCUT2D eigenvalue weighted by Crippen LogP contribution is 2.09. The van der Waals surface area contributed by atoms with Gasteiger partial charge in [-0.1, -0.05) is 6.07 Å². The van der Waals surface area contributed by atoms with Crippen molar-refractivity contribution < 1.29 is 0 Å². The lowest BCUT2D eigenvalue weighted by Crippen LogP contribution is -2.23. The number of thiophene rings is 1. The third kappa shape index (κ3) is 1.77. The van der Waals surface area contributed by atoms with Gasteiger partial charge in [0.1, 0.15) is 6.33 Å². The first-order chi connectivity index (χ1) is 6.77. The summed E-state index contributed by atoms with van der Waals surface area (Å²) < 4.78 is 2.97. The molecule has 2 rings (SSSR count). The van der Waals surface area contributed by atoms with E-state index in [2.05, 4.69) is 11.2 Å². The van der Waals surface area contributed by atoms with Crippen LogP contribution in [0.25, 0.3) is 0 Å². The van der Waals surface area contributed by atoms with Gasteiger partial charge in [-0.3, -0.25) is 4.57 Å². The van der Waals surface area contributed by atoms with Crippen LogP contribution in [0.2, 0.25) is 0 Å². The highest BCUT2D eigenvalue weighted by Gasteiger charge is 2.01. The van der Waals surface area contributed by atoms with Crippen LogP contribution in [0, 0.1) is 0 Å². The number of nitrogens with zero attached hydrogens (tertiary/aromatic N) is 3. The highest BCUT2D eigenvalue weighted by molar-refractivity contribution is 7.09. The molecule has 2 heterocycles. The van der Waals surface area contributed by atoms with E-state index in [1.165, 1.54) is 20.5 Å². The fraction of sp³-hybridized carbons (Fsp3) is 0.333. The molecule has 0 aliphatic heterocycles. The Bertz CT molecular complexity index is 455. The van der Waals surface area contributed by atoms with Crippen molar-refractivity contribution in [3.63, 3.8) is 0 Å². The van der Waals surface area contributed by atoms with E-state index in [1.54, 1.807) is 18.4 Å². The third-order valence-corrected chi connectivity index (χ3v) is 2.97. The third-order valence-electron chi connectivity index (χ3n) is 2.04. The van der Waals surface area contributed by atoms with Gasteiger partial charge < -0.3 is 0 Å². The average molecular weight is 209 g/mol. The maximum absolute atomic E-state index is 11.4. The van der Waals surface area contributed by atoms with E-state index < -0.39 is 0 Å². The summed E-state index contributed by atoms with van der Waals surface area (Å²) in [6, 6.07) is 4.08. The van der Waals surface area contributed by atoms with E-state index in [4.69, 9.17) is 0 Å². The Morgan fingerprint density at radius 2 is 2.43 bits per heavy atom. The van der Waals surface area contributed by atoms with Crippen LogP contribution in [0.5, 0.6) is 0 Å². The van der Waals surface area contributed by atoms with Crippen LogP contribution in [0.4, 0.5) is 0 Å². The largest absolute Gasteiger partial charge is 0.345 e. The van der Waals surface area contributed by atoms with Crippen LogP contribution >= 0.6 is 11.3 Å². The minimum Gasteiger partial charge on any atom is -0.285 e. The van der Waals surface area contributed by atoms with Crippen molar-refractivity contribution in [1.82, 2.24) is 14.3 Å². The van der Waals surface area contributed by atoms with Gasteiger partial charge in [0.2, 0.25) is 0 Å². The van der Waals surface area contributed by atoms with E-state index in [-0.39, 0.29) is 5.69 Å². The summed E-state index contributed by atoms with van der Waals surface area (Å²) in [5.41, 5.74) is -0.0541. The van der Waals surface area contributed by atoms with Crippen molar-refractivity contribution >= 4 is 11.3 Å². The van der Waals surface area contributed by atoms with Gasteiger partial charge in [0.25, 0.3) is 0 Å². The molecular weight excluding hydrogens is 198 g/mol. The number of aryl methyl sites for hydroxylation is 3. The minimum absolute atomic E-state index is 0.0541. The molecule has 0 aliphatic rings. The lowest BCUT2D eigenvalue weighted by atomic mass is 10.3. The number of hydrogen-bond acceptors (Lipinski definition) is 3. The van der Waals surface area contributed by atoms with Crippen LogP contribution in [0.15, 0.2) is 28.6 Å². The topological polar surface area (TPSA) is 39.8 Å². The molecule has 0 aliphatic carbocycles. The molecule has 74 valence electrons. The molecule has 0 aromatic carbocycles. The first-order valence-corrected chi connectivity index (χ1v) is 5.26. The average Bonchev–Trinajstić information content (AvgIpc) is 2.77. The molecule has 4 nitrogen and oxygen atoms in total. The zero-order chi connectivity index (χ0) is 9.97. The molecule has 0 N–H and O–H groups in total. The first-order valence-electron chi connectivity index (χ1n) is 4.38. The molecule has 5 heteroatoms. The fourth-order valence-electron chi connectivity index (χ4n) is 1.24. The minimum atomic E-state index is -0.0541. The van der Waals surface area contributed by atoms with E-state index >= 15 is 0 Å². The molecule has 0 saturated heterocycles. The summed E-state index contributed by atoms with van der Waals surface area (Å²) in [6.45, 7) is 0.653. The van der Waals surface area contributed by atoms with Gasteiger partial charge in [-0.25, -0.2) is 9.48 Å². The van der Waals surface area contributed by atoms with Crippen LogP contribution in [-0.2, 0) is 20.0 Å². The maximum atomic E-state index is 11.4. The van der Waals surface area contributed by atoms with Gasteiger partial charge in [0, 0.05) is 18.3 Å². The van der Waals surface area contributed by atoms with Gasteiger partial charge >= 0.3 is 5.69 Å². The van der Waals surface area contributed by atoms with Crippen molar-refractivity contribution in [1.29, 1.82) is 0 Å². The van der Waals surface area contributed by atoms with Crippen LogP contribution < -0.4 is 5.69 Å². The van der Waals surface area contributed by atoms with Crippen molar-refractivity contribution in [2.45, 2.75) is 13.0 Å². The van der Waals surface area contributed by atoms with Gasteiger partial charge in [-0.2, -0.15) is 5.10 Å². The Morgan fingerprint density at radius 1 is 1.57 bits per heavy atom. The van der Waals surface area contributed by atoms with Crippen LogP contribution in [0.3, 0.4) is 0 Å². The molecule has 2 aromatic heterocycles. The van der Waals surface area contributed by atoms with E-state index in [0.29, 0.717) is 6.54 Å². The molecule has 0 saturated carbocycles. The van der Waals surface area contributed by atoms with Crippen molar-refractivity contribution in [3.8, 4) is 0 Å². The molecule has 0 radical (unpaired) electrons. The molecule has 14 heavy (non-hydrogen) atoms. The van der Waals surface area contributed by atoms with Gasteiger partial charge in [0.15, 0.2) is 0 Å². The predicted molar refractivity (Wildman–Crippen MR) is 55.5 cm³/mol. The van der Waals surface area contributed by atoms with Gasteiger partial charge in [-0.05, 0) is 11.4 Å². The molecule has 0 spiro atoms. The van der Waals surface area contributed by atoms with E-state index in [9.17, 15) is 4.79 Å². The van der Waals surface area contributed by atoms with Crippen LogP contribution in [-0.4, -0.2) is 14.3 Å². The smallest absolute Gasteiger partial charge is 0.285 e. The monoisotopic (exact) mass is 209 g/mol. The summed E-state index contributed by atoms with van der Waals surface area (Å²) >= 11 is 1.70. The molecule has 0 atom stereocenters. The molecule has 0 unspecified atom stereocenters. The van der Waals surface area contributed by atoms with Gasteiger partial charge in [-0.15, -0.1) is 11.3 Å². The van der Waals surface area contributed by atoms with Crippen molar-refractivity contribution in [3.05, 3.63) is 39.2 Å². The Balaban J connectivity index is 2.06. The predicted octanol–water partition coefficient (Wildman–Crippen LogP) is 0.886. The van der Waals surface area contributed by atoms with Crippen molar-refractivity contribution in [2.75, 3.05) is 0 Å². The fourth-order valence-corrected chi connectivity index (χ4v) is 1.94. The summed E-state index contributed by atoms with van der Waals surface area (Å²) in [4.78, 5) is 12.7.